The summed E-state index contributed by atoms with van der Waals surface area (Å²) in [5.41, 5.74) is 0.975. The number of hydrogen-bond donors (Lipinski definition) is 1. The third-order valence-electron chi connectivity index (χ3n) is 3.36. The van der Waals surface area contributed by atoms with E-state index in [0.717, 1.165) is 19.3 Å². The third kappa shape index (κ3) is 3.35. The summed E-state index contributed by atoms with van der Waals surface area (Å²) < 4.78 is 5.13. The van der Waals surface area contributed by atoms with Crippen LogP contribution in [0.25, 0.3) is 0 Å². The largest absolute Gasteiger partial charge is 0.452 e. The zero-order valence-electron chi connectivity index (χ0n) is 11.3. The van der Waals surface area contributed by atoms with Crippen molar-refractivity contribution in [2.45, 2.75) is 32.3 Å². The molecule has 5 nitrogen and oxygen atoms in total. The average molecular weight is 272 g/mol. The third-order valence-corrected chi connectivity index (χ3v) is 3.36. The SMILES string of the molecule is C[C@@H](OC(=O)C1CCC1)C(=O)Nc1cccc(C#N)c1. The first-order valence-electron chi connectivity index (χ1n) is 6.61. The van der Waals surface area contributed by atoms with E-state index < -0.39 is 12.0 Å². The minimum atomic E-state index is -0.839. The fraction of sp³-hybridized carbons (Fsp3) is 0.400. The molecule has 1 aromatic carbocycles. The van der Waals surface area contributed by atoms with Crippen molar-refractivity contribution in [3.8, 4) is 6.07 Å². The average Bonchev–Trinajstić information content (AvgIpc) is 2.36. The first kappa shape index (κ1) is 14.1. The molecule has 1 aromatic rings. The lowest BCUT2D eigenvalue weighted by Crippen LogP contribution is -2.34. The molecule has 0 spiro atoms. The molecule has 1 amide bonds. The number of carbonyl (C=O) groups is 2. The van der Waals surface area contributed by atoms with Crippen LogP contribution in [0, 0.1) is 17.2 Å². The second kappa shape index (κ2) is 6.20. The molecule has 0 aromatic heterocycles. The van der Waals surface area contributed by atoms with E-state index in [4.69, 9.17) is 10.00 Å². The van der Waals surface area contributed by atoms with Crippen LogP contribution in [-0.2, 0) is 14.3 Å². The fourth-order valence-electron chi connectivity index (χ4n) is 1.88. The molecule has 1 saturated carbocycles. The molecule has 104 valence electrons. The molecule has 1 atom stereocenters. The first-order valence-corrected chi connectivity index (χ1v) is 6.61. The Morgan fingerprint density at radius 2 is 2.20 bits per heavy atom. The van der Waals surface area contributed by atoms with Gasteiger partial charge in [-0.05, 0) is 38.0 Å². The molecule has 1 aliphatic carbocycles. The van der Waals surface area contributed by atoms with Crippen LogP contribution in [0.4, 0.5) is 5.69 Å². The summed E-state index contributed by atoms with van der Waals surface area (Å²) >= 11 is 0. The van der Waals surface area contributed by atoms with Crippen molar-refractivity contribution in [3.05, 3.63) is 29.8 Å². The van der Waals surface area contributed by atoms with Crippen molar-refractivity contribution in [1.82, 2.24) is 0 Å². The van der Waals surface area contributed by atoms with Crippen LogP contribution < -0.4 is 5.32 Å². The zero-order valence-corrected chi connectivity index (χ0v) is 11.3. The van der Waals surface area contributed by atoms with E-state index in [1.165, 1.54) is 0 Å². The van der Waals surface area contributed by atoms with Crippen molar-refractivity contribution in [1.29, 1.82) is 5.26 Å². The zero-order chi connectivity index (χ0) is 14.5. The topological polar surface area (TPSA) is 79.2 Å². The number of carbonyl (C=O) groups excluding carboxylic acids is 2. The summed E-state index contributed by atoms with van der Waals surface area (Å²) in [7, 11) is 0. The van der Waals surface area contributed by atoms with E-state index in [0.29, 0.717) is 11.3 Å². The number of nitrogens with one attached hydrogen (secondary N) is 1. The molecule has 1 fully saturated rings. The number of rotatable bonds is 4. The molecular formula is C15H16N2O3. The van der Waals surface area contributed by atoms with Crippen molar-refractivity contribution in [3.63, 3.8) is 0 Å². The molecule has 0 unspecified atom stereocenters. The predicted octanol–water partition coefficient (Wildman–Crippen LogP) is 2.23. The number of benzene rings is 1. The lowest BCUT2D eigenvalue weighted by atomic mass is 9.86. The predicted molar refractivity (Wildman–Crippen MR) is 72.7 cm³/mol. The molecule has 1 N–H and O–H groups in total. The lowest BCUT2D eigenvalue weighted by Gasteiger charge is -2.24. The highest BCUT2D eigenvalue weighted by Crippen LogP contribution is 2.27. The highest BCUT2D eigenvalue weighted by Gasteiger charge is 2.29. The fourth-order valence-corrected chi connectivity index (χ4v) is 1.88. The smallest absolute Gasteiger partial charge is 0.309 e. The van der Waals surface area contributed by atoms with E-state index in [-0.39, 0.29) is 11.9 Å². The van der Waals surface area contributed by atoms with E-state index in [1.807, 2.05) is 6.07 Å². The quantitative estimate of drug-likeness (QED) is 0.852. The Morgan fingerprint density at radius 1 is 1.45 bits per heavy atom. The Bertz CT molecular complexity index is 558. The summed E-state index contributed by atoms with van der Waals surface area (Å²) in [4.78, 5) is 23.6. The molecule has 0 radical (unpaired) electrons. The van der Waals surface area contributed by atoms with Gasteiger partial charge in [0.1, 0.15) is 0 Å². The van der Waals surface area contributed by atoms with Gasteiger partial charge in [-0.15, -0.1) is 0 Å². The normalized spacial score (nSPS) is 15.6. The molecule has 20 heavy (non-hydrogen) atoms. The Kier molecular flexibility index (Phi) is 4.36. The summed E-state index contributed by atoms with van der Waals surface area (Å²) in [6.07, 6.45) is 1.89. The van der Waals surface area contributed by atoms with Crippen LogP contribution in [-0.4, -0.2) is 18.0 Å². The number of amides is 1. The number of esters is 1. The van der Waals surface area contributed by atoms with Crippen LogP contribution in [0.3, 0.4) is 0 Å². The lowest BCUT2D eigenvalue weighted by molar-refractivity contribution is -0.159. The van der Waals surface area contributed by atoms with Gasteiger partial charge < -0.3 is 10.1 Å². The monoisotopic (exact) mass is 272 g/mol. The van der Waals surface area contributed by atoms with Crippen LogP contribution in [0.15, 0.2) is 24.3 Å². The van der Waals surface area contributed by atoms with E-state index in [2.05, 4.69) is 5.32 Å². The highest BCUT2D eigenvalue weighted by molar-refractivity contribution is 5.95. The molecule has 5 heteroatoms. The number of hydrogen-bond acceptors (Lipinski definition) is 4. The summed E-state index contributed by atoms with van der Waals surface area (Å²) in [6, 6.07) is 8.57. The van der Waals surface area contributed by atoms with E-state index in [9.17, 15) is 9.59 Å². The van der Waals surface area contributed by atoms with Gasteiger partial charge in [-0.2, -0.15) is 5.26 Å². The van der Waals surface area contributed by atoms with Gasteiger partial charge >= 0.3 is 5.97 Å². The van der Waals surface area contributed by atoms with Crippen LogP contribution in [0.2, 0.25) is 0 Å². The number of nitriles is 1. The van der Waals surface area contributed by atoms with Gasteiger partial charge in [0.2, 0.25) is 0 Å². The molecule has 0 aliphatic heterocycles. The van der Waals surface area contributed by atoms with Gasteiger partial charge in [-0.3, -0.25) is 9.59 Å². The summed E-state index contributed by atoms with van der Waals surface area (Å²) in [6.45, 7) is 1.54. The van der Waals surface area contributed by atoms with Crippen LogP contribution in [0.1, 0.15) is 31.7 Å². The maximum absolute atomic E-state index is 11.9. The second-order valence-electron chi connectivity index (χ2n) is 4.89. The molecule has 2 rings (SSSR count). The summed E-state index contributed by atoms with van der Waals surface area (Å²) in [5, 5.41) is 11.4. The van der Waals surface area contributed by atoms with Gasteiger partial charge in [0, 0.05) is 5.69 Å². The minimum absolute atomic E-state index is 0.0489. The second-order valence-corrected chi connectivity index (χ2v) is 4.89. The highest BCUT2D eigenvalue weighted by atomic mass is 16.5. The van der Waals surface area contributed by atoms with E-state index in [1.54, 1.807) is 31.2 Å². The standard InChI is InChI=1S/C15H16N2O3/c1-10(20-15(19)12-5-3-6-12)14(18)17-13-7-2-4-11(8-13)9-16/h2,4,7-8,10,12H,3,5-6H2,1H3,(H,17,18)/t10-/m1/s1. The first-order chi connectivity index (χ1) is 9.60. The maximum Gasteiger partial charge on any atom is 0.309 e. The van der Waals surface area contributed by atoms with Crippen LogP contribution in [0.5, 0.6) is 0 Å². The van der Waals surface area contributed by atoms with Crippen molar-refractivity contribution in [2.75, 3.05) is 5.32 Å². The van der Waals surface area contributed by atoms with Crippen molar-refractivity contribution in [2.24, 2.45) is 5.92 Å². The Labute approximate surface area is 117 Å². The van der Waals surface area contributed by atoms with Gasteiger partial charge in [0.25, 0.3) is 5.91 Å². The molecule has 0 heterocycles. The molecular weight excluding hydrogens is 256 g/mol. The van der Waals surface area contributed by atoms with Crippen LogP contribution >= 0.6 is 0 Å². The van der Waals surface area contributed by atoms with Crippen molar-refractivity contribution < 1.29 is 14.3 Å². The van der Waals surface area contributed by atoms with Gasteiger partial charge in [0.05, 0.1) is 17.6 Å². The van der Waals surface area contributed by atoms with E-state index >= 15 is 0 Å². The minimum Gasteiger partial charge on any atom is -0.452 e. The Balaban J connectivity index is 1.90. The molecule has 1 aliphatic rings. The van der Waals surface area contributed by atoms with Gasteiger partial charge in [0.15, 0.2) is 6.10 Å². The maximum atomic E-state index is 11.9. The summed E-state index contributed by atoms with van der Waals surface area (Å²) in [5.74, 6) is -0.746. The number of nitrogens with zero attached hydrogens (tertiary/aromatic N) is 1. The van der Waals surface area contributed by atoms with Crippen molar-refractivity contribution >= 4 is 17.6 Å². The molecule has 0 saturated heterocycles. The molecule has 0 bridgehead atoms. The van der Waals surface area contributed by atoms with Gasteiger partial charge in [-0.25, -0.2) is 0 Å². The Hall–Kier alpha value is -2.35. The van der Waals surface area contributed by atoms with Gasteiger partial charge in [-0.1, -0.05) is 12.5 Å². The Morgan fingerprint density at radius 3 is 2.80 bits per heavy atom. The number of anilines is 1. The number of ether oxygens (including phenoxy) is 1.